The van der Waals surface area contributed by atoms with Crippen LogP contribution in [0, 0.1) is 0 Å². The molecule has 2 aliphatic rings. The Morgan fingerprint density at radius 2 is 1.91 bits per heavy atom. The van der Waals surface area contributed by atoms with Gasteiger partial charge in [0.15, 0.2) is 11.5 Å². The highest BCUT2D eigenvalue weighted by Gasteiger charge is 2.43. The fourth-order valence-electron chi connectivity index (χ4n) is 3.12. The van der Waals surface area contributed by atoms with Crippen LogP contribution in [0.1, 0.15) is 37.8 Å². The number of hydrogen-bond donors (Lipinski definition) is 1. The molecule has 1 N–H and O–H groups in total. The molecule has 130 valence electrons. The topological polar surface area (TPSA) is 33.7 Å². The van der Waals surface area contributed by atoms with E-state index in [4.69, 9.17) is 0 Å². The molecule has 0 radical (unpaired) electrons. The van der Waals surface area contributed by atoms with Gasteiger partial charge in [-0.3, -0.25) is 4.90 Å². The molecule has 0 saturated carbocycles. The van der Waals surface area contributed by atoms with Crippen molar-refractivity contribution in [3.63, 3.8) is 0 Å². The van der Waals surface area contributed by atoms with Crippen LogP contribution in [0.3, 0.4) is 0 Å². The standard InChI is InChI=1S/C16H22F2N2O2.ClH/c1-2-3-4-13(20-9-7-19-8-10-20)12-5-6-14-15(11-12)22-16(17,18)21-14;/h5-6,11,13,19H,2-4,7-10H2,1H3;1H/t13-;/m1./s1. The number of piperazine rings is 1. The minimum Gasteiger partial charge on any atom is -0.395 e. The molecule has 23 heavy (non-hydrogen) atoms. The molecule has 2 heterocycles. The number of rotatable bonds is 5. The van der Waals surface area contributed by atoms with Crippen LogP contribution < -0.4 is 14.8 Å². The number of benzene rings is 1. The lowest BCUT2D eigenvalue weighted by molar-refractivity contribution is -0.286. The molecular weight excluding hydrogens is 326 g/mol. The summed E-state index contributed by atoms with van der Waals surface area (Å²) in [6.45, 7) is 6.03. The predicted octanol–water partition coefficient (Wildman–Crippen LogP) is 3.57. The largest absolute Gasteiger partial charge is 0.586 e. The van der Waals surface area contributed by atoms with Gasteiger partial charge in [-0.05, 0) is 24.1 Å². The van der Waals surface area contributed by atoms with Crippen LogP contribution in [0.2, 0.25) is 0 Å². The highest BCUT2D eigenvalue weighted by molar-refractivity contribution is 5.85. The van der Waals surface area contributed by atoms with Crippen molar-refractivity contribution < 1.29 is 18.3 Å². The van der Waals surface area contributed by atoms with Crippen LogP contribution in [-0.4, -0.2) is 37.4 Å². The van der Waals surface area contributed by atoms with Crippen molar-refractivity contribution in [3.05, 3.63) is 23.8 Å². The Labute approximate surface area is 141 Å². The van der Waals surface area contributed by atoms with Crippen LogP contribution >= 0.6 is 12.4 Å². The molecule has 1 aromatic rings. The third-order valence-corrected chi connectivity index (χ3v) is 4.23. The first-order valence-electron chi connectivity index (χ1n) is 7.93. The van der Waals surface area contributed by atoms with Crippen LogP contribution in [-0.2, 0) is 0 Å². The third-order valence-electron chi connectivity index (χ3n) is 4.23. The Morgan fingerprint density at radius 1 is 1.22 bits per heavy atom. The van der Waals surface area contributed by atoms with E-state index in [-0.39, 0.29) is 29.9 Å². The number of hydrogen-bond acceptors (Lipinski definition) is 4. The van der Waals surface area contributed by atoms with E-state index in [1.807, 2.05) is 6.07 Å². The number of ether oxygens (including phenoxy) is 2. The lowest BCUT2D eigenvalue weighted by Gasteiger charge is -2.35. The second-order valence-corrected chi connectivity index (χ2v) is 5.82. The maximum Gasteiger partial charge on any atom is 0.586 e. The summed E-state index contributed by atoms with van der Waals surface area (Å²) in [5.74, 6) is 0.252. The Balaban J connectivity index is 0.00000192. The quantitative estimate of drug-likeness (QED) is 0.882. The summed E-state index contributed by atoms with van der Waals surface area (Å²) in [5, 5.41) is 3.34. The molecule has 1 saturated heterocycles. The van der Waals surface area contributed by atoms with Crippen molar-refractivity contribution in [2.45, 2.75) is 38.5 Å². The van der Waals surface area contributed by atoms with E-state index >= 15 is 0 Å². The summed E-state index contributed by atoms with van der Waals surface area (Å²) < 4.78 is 35.4. The first-order valence-corrected chi connectivity index (χ1v) is 7.93. The van der Waals surface area contributed by atoms with E-state index in [1.165, 1.54) is 0 Å². The highest BCUT2D eigenvalue weighted by atomic mass is 35.5. The molecular formula is C16H23ClF2N2O2. The molecule has 0 bridgehead atoms. The van der Waals surface area contributed by atoms with Gasteiger partial charge in [-0.15, -0.1) is 21.2 Å². The minimum atomic E-state index is -3.55. The maximum atomic E-state index is 13.2. The second-order valence-electron chi connectivity index (χ2n) is 5.82. The first kappa shape index (κ1) is 18.2. The van der Waals surface area contributed by atoms with E-state index in [2.05, 4.69) is 26.6 Å². The van der Waals surface area contributed by atoms with Crippen LogP contribution in [0.25, 0.3) is 0 Å². The lowest BCUT2D eigenvalue weighted by atomic mass is 9.98. The van der Waals surface area contributed by atoms with E-state index in [9.17, 15) is 8.78 Å². The molecule has 3 rings (SSSR count). The van der Waals surface area contributed by atoms with E-state index < -0.39 is 6.29 Å². The van der Waals surface area contributed by atoms with Crippen molar-refractivity contribution in [2.75, 3.05) is 26.2 Å². The molecule has 4 nitrogen and oxygen atoms in total. The molecule has 2 aliphatic heterocycles. The summed E-state index contributed by atoms with van der Waals surface area (Å²) in [6, 6.07) is 5.42. The van der Waals surface area contributed by atoms with Gasteiger partial charge >= 0.3 is 6.29 Å². The van der Waals surface area contributed by atoms with Gasteiger partial charge in [0.1, 0.15) is 0 Å². The molecule has 1 aromatic carbocycles. The molecule has 0 aliphatic carbocycles. The summed E-state index contributed by atoms with van der Waals surface area (Å²) in [6.07, 6.45) is -0.300. The van der Waals surface area contributed by atoms with Gasteiger partial charge in [0.25, 0.3) is 0 Å². The Hall–Kier alpha value is -1.11. The highest BCUT2D eigenvalue weighted by Crippen LogP contribution is 2.43. The summed E-state index contributed by atoms with van der Waals surface area (Å²) in [5.41, 5.74) is 1.02. The number of halogens is 3. The van der Waals surface area contributed by atoms with E-state index in [0.717, 1.165) is 51.0 Å². The zero-order valence-corrected chi connectivity index (χ0v) is 14.0. The van der Waals surface area contributed by atoms with Crippen molar-refractivity contribution >= 4 is 12.4 Å². The minimum absolute atomic E-state index is 0. The zero-order chi connectivity index (χ0) is 15.6. The molecule has 0 unspecified atom stereocenters. The molecule has 0 aromatic heterocycles. The maximum absolute atomic E-state index is 13.2. The van der Waals surface area contributed by atoms with Crippen LogP contribution in [0.5, 0.6) is 11.5 Å². The number of fused-ring (bicyclic) bond motifs is 1. The lowest BCUT2D eigenvalue weighted by Crippen LogP contribution is -2.45. The van der Waals surface area contributed by atoms with E-state index in [1.54, 1.807) is 12.1 Å². The van der Waals surface area contributed by atoms with Crippen molar-refractivity contribution in [3.8, 4) is 11.5 Å². The monoisotopic (exact) mass is 348 g/mol. The average molecular weight is 349 g/mol. The predicted molar refractivity (Wildman–Crippen MR) is 86.6 cm³/mol. The summed E-state index contributed by atoms with van der Waals surface area (Å²) in [4.78, 5) is 2.42. The molecule has 0 amide bonds. The fraction of sp³-hybridized carbons (Fsp3) is 0.625. The number of nitrogens with zero attached hydrogens (tertiary/aromatic N) is 1. The Morgan fingerprint density at radius 3 is 2.61 bits per heavy atom. The molecule has 7 heteroatoms. The summed E-state index contributed by atoms with van der Waals surface area (Å²) in [7, 11) is 0. The molecule has 0 spiro atoms. The smallest absolute Gasteiger partial charge is 0.395 e. The van der Waals surface area contributed by atoms with E-state index in [0.29, 0.717) is 0 Å². The second kappa shape index (κ2) is 7.64. The van der Waals surface area contributed by atoms with Gasteiger partial charge in [-0.2, -0.15) is 0 Å². The van der Waals surface area contributed by atoms with Crippen molar-refractivity contribution in [2.24, 2.45) is 0 Å². The van der Waals surface area contributed by atoms with Gasteiger partial charge in [0, 0.05) is 32.2 Å². The van der Waals surface area contributed by atoms with Gasteiger partial charge < -0.3 is 14.8 Å². The summed E-state index contributed by atoms with van der Waals surface area (Å²) >= 11 is 0. The SMILES string of the molecule is CCCC[C@H](c1ccc2c(c1)OC(F)(F)O2)N1CCNCC1.Cl. The van der Waals surface area contributed by atoms with Gasteiger partial charge in [0.2, 0.25) is 0 Å². The number of nitrogens with one attached hydrogen (secondary N) is 1. The van der Waals surface area contributed by atoms with Crippen LogP contribution in [0.4, 0.5) is 8.78 Å². The number of alkyl halides is 2. The Bertz CT molecular complexity index is 525. The first-order chi connectivity index (χ1) is 10.6. The van der Waals surface area contributed by atoms with Crippen molar-refractivity contribution in [1.29, 1.82) is 0 Å². The number of unbranched alkanes of at least 4 members (excludes halogenated alkanes) is 1. The fourth-order valence-corrected chi connectivity index (χ4v) is 3.12. The molecule has 1 atom stereocenters. The zero-order valence-electron chi connectivity index (χ0n) is 13.2. The van der Waals surface area contributed by atoms with Crippen molar-refractivity contribution in [1.82, 2.24) is 10.2 Å². The van der Waals surface area contributed by atoms with Gasteiger partial charge in [-0.25, -0.2) is 0 Å². The van der Waals surface area contributed by atoms with Gasteiger partial charge in [0.05, 0.1) is 0 Å². The van der Waals surface area contributed by atoms with Gasteiger partial charge in [-0.1, -0.05) is 25.8 Å². The molecule has 1 fully saturated rings. The Kier molecular flexibility index (Phi) is 6.06. The normalized spacial score (nSPS) is 20.8. The third kappa shape index (κ3) is 4.25. The average Bonchev–Trinajstić information content (AvgIpc) is 2.82. The van der Waals surface area contributed by atoms with Crippen LogP contribution in [0.15, 0.2) is 18.2 Å².